The van der Waals surface area contributed by atoms with Crippen molar-refractivity contribution in [2.24, 2.45) is 0 Å². The molecule has 3 aromatic carbocycles. The molecule has 39 heavy (non-hydrogen) atoms. The second kappa shape index (κ2) is 13.0. The third kappa shape index (κ3) is 6.34. The molecule has 0 atom stereocenters. The molecule has 0 bridgehead atoms. The molecule has 7 heteroatoms. The number of ether oxygens (including phenoxy) is 1. The molecule has 0 heterocycles. The quantitative estimate of drug-likeness (QED) is 0.181. The molecule has 1 saturated carbocycles. The zero-order valence-electron chi connectivity index (χ0n) is 22.4. The molecule has 0 N–H and O–H groups in total. The molecule has 0 aliphatic heterocycles. The molecule has 0 unspecified atom stereocenters. The lowest BCUT2D eigenvalue weighted by Gasteiger charge is -2.29. The van der Waals surface area contributed by atoms with Crippen molar-refractivity contribution in [2.45, 2.75) is 90.3 Å². The third-order valence-electron chi connectivity index (χ3n) is 7.83. The van der Waals surface area contributed by atoms with Crippen LogP contribution in [0.2, 0.25) is 0 Å². The van der Waals surface area contributed by atoms with E-state index >= 15 is 8.78 Å². The Morgan fingerprint density at radius 1 is 0.615 bits per heavy atom. The highest BCUT2D eigenvalue weighted by molar-refractivity contribution is 5.66. The molecule has 210 valence electrons. The average Bonchev–Trinajstić information content (AvgIpc) is 2.94. The van der Waals surface area contributed by atoms with Crippen LogP contribution in [0.5, 0.6) is 0 Å². The summed E-state index contributed by atoms with van der Waals surface area (Å²) in [4.78, 5) is 0. The van der Waals surface area contributed by atoms with Gasteiger partial charge in [0.15, 0.2) is 34.9 Å². The second-order valence-electron chi connectivity index (χ2n) is 10.3. The van der Waals surface area contributed by atoms with Gasteiger partial charge in [0.1, 0.15) is 0 Å². The summed E-state index contributed by atoms with van der Waals surface area (Å²) in [5.41, 5.74) is 0.248. The van der Waals surface area contributed by atoms with Crippen molar-refractivity contribution in [1.82, 2.24) is 0 Å². The summed E-state index contributed by atoms with van der Waals surface area (Å²) in [5, 5.41) is 0. The van der Waals surface area contributed by atoms with Crippen molar-refractivity contribution < 1.29 is 31.1 Å². The highest BCUT2D eigenvalue weighted by atomic mass is 19.2. The van der Waals surface area contributed by atoms with Gasteiger partial charge in [-0.05, 0) is 67.6 Å². The van der Waals surface area contributed by atoms with Crippen molar-refractivity contribution >= 4 is 0 Å². The summed E-state index contributed by atoms with van der Waals surface area (Å²) in [6.07, 6.45) is 5.45. The summed E-state index contributed by atoms with van der Waals surface area (Å²) in [5.74, 6) is -6.48. The van der Waals surface area contributed by atoms with Gasteiger partial charge in [0.2, 0.25) is 0 Å². The molecule has 1 aliphatic rings. The van der Waals surface area contributed by atoms with Crippen LogP contribution < -0.4 is 0 Å². The molecule has 0 amide bonds. The molecule has 1 nitrogen and oxygen atoms in total. The van der Waals surface area contributed by atoms with Crippen LogP contribution in [0.3, 0.4) is 0 Å². The Kier molecular flexibility index (Phi) is 9.76. The summed E-state index contributed by atoms with van der Waals surface area (Å²) in [6.45, 7) is 3.66. The fraction of sp³-hybridized carbons (Fsp3) is 0.438. The monoisotopic (exact) mass is 548 g/mol. The molecule has 0 aromatic heterocycles. The van der Waals surface area contributed by atoms with Gasteiger partial charge < -0.3 is 4.74 Å². The van der Waals surface area contributed by atoms with Crippen LogP contribution in [-0.2, 0) is 24.2 Å². The normalized spacial score (nSPS) is 17.5. The first-order valence-electron chi connectivity index (χ1n) is 13.8. The van der Waals surface area contributed by atoms with Crippen LogP contribution in [0.25, 0.3) is 11.1 Å². The number of rotatable bonds is 10. The summed E-state index contributed by atoms with van der Waals surface area (Å²) < 4.78 is 93.7. The Bertz CT molecular complexity index is 1300. The Morgan fingerprint density at radius 2 is 1.18 bits per heavy atom. The first kappa shape index (κ1) is 29.2. The summed E-state index contributed by atoms with van der Waals surface area (Å²) in [7, 11) is 0. The van der Waals surface area contributed by atoms with Gasteiger partial charge in [-0.25, -0.2) is 26.3 Å². The Hall–Kier alpha value is -2.80. The van der Waals surface area contributed by atoms with Crippen LogP contribution in [0.4, 0.5) is 26.3 Å². The van der Waals surface area contributed by atoms with E-state index in [0.29, 0.717) is 37.7 Å². The van der Waals surface area contributed by atoms with E-state index in [2.05, 4.69) is 0 Å². The number of halogens is 6. The summed E-state index contributed by atoms with van der Waals surface area (Å²) in [6, 6.07) is 8.56. The van der Waals surface area contributed by atoms with Gasteiger partial charge in [0, 0.05) is 16.7 Å². The van der Waals surface area contributed by atoms with E-state index < -0.39 is 34.9 Å². The predicted molar refractivity (Wildman–Crippen MR) is 140 cm³/mol. The third-order valence-corrected chi connectivity index (χ3v) is 7.83. The molecule has 4 rings (SSSR count). The average molecular weight is 549 g/mol. The number of unbranched alkanes of at least 4 members (excludes halogenated alkanes) is 2. The van der Waals surface area contributed by atoms with Gasteiger partial charge in [-0.1, -0.05) is 63.1 Å². The SMILES string of the molecule is CCCCCc1ccc(COC2CCC(c3ccc(-c4ccc(CC)c(F)c4F)c(F)c3F)CC2)c(F)c1F. The van der Waals surface area contributed by atoms with Gasteiger partial charge in [0.25, 0.3) is 0 Å². The molecular formula is C32H34F6O. The Morgan fingerprint density at radius 3 is 1.85 bits per heavy atom. The molecule has 0 radical (unpaired) electrons. The molecular weight excluding hydrogens is 514 g/mol. The van der Waals surface area contributed by atoms with Crippen molar-refractivity contribution in [3.63, 3.8) is 0 Å². The topological polar surface area (TPSA) is 9.23 Å². The van der Waals surface area contributed by atoms with Gasteiger partial charge in [-0.2, -0.15) is 0 Å². The van der Waals surface area contributed by atoms with Crippen molar-refractivity contribution in [3.05, 3.63) is 93.6 Å². The van der Waals surface area contributed by atoms with E-state index in [4.69, 9.17) is 4.74 Å². The Labute approximate surface area is 226 Å². The molecule has 1 aliphatic carbocycles. The predicted octanol–water partition coefficient (Wildman–Crippen LogP) is 9.73. The van der Waals surface area contributed by atoms with Crippen LogP contribution in [0.1, 0.15) is 87.0 Å². The number of hydrogen-bond donors (Lipinski definition) is 0. The standard InChI is InChI=1S/C32H34F6O/c1-3-5-6-7-21-8-9-22(29(35)28(21)34)18-39-23-13-10-20(11-14-23)24-16-17-26(32(38)30(24)36)25-15-12-19(4-2)27(33)31(25)37/h8-9,12,15-17,20,23H,3-7,10-11,13-14,18H2,1-2H3. The highest BCUT2D eigenvalue weighted by Gasteiger charge is 2.28. The van der Waals surface area contributed by atoms with E-state index in [-0.39, 0.29) is 52.9 Å². The lowest BCUT2D eigenvalue weighted by atomic mass is 9.82. The number of aryl methyl sites for hydroxylation is 2. The molecule has 0 saturated heterocycles. The lowest BCUT2D eigenvalue weighted by molar-refractivity contribution is 0.0116. The van der Waals surface area contributed by atoms with Gasteiger partial charge >= 0.3 is 0 Å². The van der Waals surface area contributed by atoms with Crippen LogP contribution in [-0.4, -0.2) is 6.10 Å². The van der Waals surface area contributed by atoms with Crippen LogP contribution in [0, 0.1) is 34.9 Å². The molecule has 0 spiro atoms. The van der Waals surface area contributed by atoms with Crippen molar-refractivity contribution in [1.29, 1.82) is 0 Å². The smallest absolute Gasteiger partial charge is 0.167 e. The van der Waals surface area contributed by atoms with Crippen LogP contribution in [0.15, 0.2) is 36.4 Å². The van der Waals surface area contributed by atoms with E-state index in [1.165, 1.54) is 24.3 Å². The van der Waals surface area contributed by atoms with Crippen LogP contribution >= 0.6 is 0 Å². The molecule has 1 fully saturated rings. The van der Waals surface area contributed by atoms with Gasteiger partial charge in [-0.15, -0.1) is 0 Å². The van der Waals surface area contributed by atoms with Crippen molar-refractivity contribution in [3.8, 4) is 11.1 Å². The van der Waals surface area contributed by atoms with E-state index in [1.807, 2.05) is 6.92 Å². The van der Waals surface area contributed by atoms with Crippen molar-refractivity contribution in [2.75, 3.05) is 0 Å². The fourth-order valence-electron chi connectivity index (χ4n) is 5.41. The minimum absolute atomic E-state index is 0.0655. The zero-order valence-corrected chi connectivity index (χ0v) is 22.4. The maximum Gasteiger partial charge on any atom is 0.167 e. The lowest BCUT2D eigenvalue weighted by Crippen LogP contribution is -2.22. The minimum atomic E-state index is -1.20. The maximum atomic E-state index is 15.1. The largest absolute Gasteiger partial charge is 0.373 e. The summed E-state index contributed by atoms with van der Waals surface area (Å²) >= 11 is 0. The highest BCUT2D eigenvalue weighted by Crippen LogP contribution is 2.39. The number of hydrogen-bond acceptors (Lipinski definition) is 1. The van der Waals surface area contributed by atoms with E-state index in [1.54, 1.807) is 19.1 Å². The second-order valence-corrected chi connectivity index (χ2v) is 10.3. The van der Waals surface area contributed by atoms with E-state index in [9.17, 15) is 17.6 Å². The first-order valence-corrected chi connectivity index (χ1v) is 13.8. The van der Waals surface area contributed by atoms with Gasteiger partial charge in [-0.3, -0.25) is 0 Å². The first-order chi connectivity index (χ1) is 18.8. The maximum absolute atomic E-state index is 15.1. The molecule has 3 aromatic rings. The fourth-order valence-corrected chi connectivity index (χ4v) is 5.41. The Balaban J connectivity index is 1.38. The zero-order chi connectivity index (χ0) is 28.1. The number of benzene rings is 3. The van der Waals surface area contributed by atoms with E-state index in [0.717, 1.165) is 19.3 Å². The van der Waals surface area contributed by atoms with Gasteiger partial charge in [0.05, 0.1) is 12.7 Å². The minimum Gasteiger partial charge on any atom is -0.373 e.